The standard InChI is InChI=1S/C19H24FN3O2.HI/c1-4-21-19(23(2)13-14-8-10-16(20)11-9-14)22-12-15-6-5-7-17(25-3)18(15)24;/h5-11,24H,4,12-13H2,1-3H3,(H,21,22);1H. The molecular formula is C19H25FIN3O2. The van der Waals surface area contributed by atoms with Crippen molar-refractivity contribution in [1.29, 1.82) is 0 Å². The van der Waals surface area contributed by atoms with Crippen LogP contribution in [0.4, 0.5) is 4.39 Å². The summed E-state index contributed by atoms with van der Waals surface area (Å²) in [6.45, 7) is 3.62. The van der Waals surface area contributed by atoms with Crippen LogP contribution in [0, 0.1) is 5.82 Å². The lowest BCUT2D eigenvalue weighted by Crippen LogP contribution is -2.38. The largest absolute Gasteiger partial charge is 0.504 e. The first-order chi connectivity index (χ1) is 12.0. The molecule has 5 nitrogen and oxygen atoms in total. The molecule has 0 atom stereocenters. The van der Waals surface area contributed by atoms with Crippen molar-refractivity contribution in [1.82, 2.24) is 10.2 Å². The Bertz CT molecular complexity index is 723. The third-order valence-electron chi connectivity index (χ3n) is 3.73. The molecule has 7 heteroatoms. The van der Waals surface area contributed by atoms with Gasteiger partial charge in [0, 0.05) is 25.7 Å². The van der Waals surface area contributed by atoms with Gasteiger partial charge < -0.3 is 20.1 Å². The molecule has 0 aliphatic heterocycles. The highest BCUT2D eigenvalue weighted by atomic mass is 127. The maximum Gasteiger partial charge on any atom is 0.194 e. The number of rotatable bonds is 6. The van der Waals surface area contributed by atoms with E-state index >= 15 is 0 Å². The molecule has 2 aromatic rings. The second kappa shape index (κ2) is 10.8. The molecule has 2 aromatic carbocycles. The molecule has 0 aromatic heterocycles. The van der Waals surface area contributed by atoms with E-state index in [4.69, 9.17) is 4.74 Å². The highest BCUT2D eigenvalue weighted by Gasteiger charge is 2.10. The molecule has 0 spiro atoms. The lowest BCUT2D eigenvalue weighted by atomic mass is 10.2. The highest BCUT2D eigenvalue weighted by molar-refractivity contribution is 14.0. The van der Waals surface area contributed by atoms with Gasteiger partial charge >= 0.3 is 0 Å². The number of para-hydroxylation sites is 1. The summed E-state index contributed by atoms with van der Waals surface area (Å²) in [7, 11) is 3.43. The number of phenols is 1. The zero-order valence-corrected chi connectivity index (χ0v) is 17.5. The minimum Gasteiger partial charge on any atom is -0.504 e. The summed E-state index contributed by atoms with van der Waals surface area (Å²) < 4.78 is 18.1. The van der Waals surface area contributed by atoms with Crippen LogP contribution in [0.5, 0.6) is 11.5 Å². The van der Waals surface area contributed by atoms with Crippen LogP contribution in [-0.2, 0) is 13.1 Å². The fourth-order valence-electron chi connectivity index (χ4n) is 2.43. The van der Waals surface area contributed by atoms with E-state index in [1.54, 1.807) is 18.2 Å². The number of ether oxygens (including phenoxy) is 1. The second-order valence-electron chi connectivity index (χ2n) is 5.62. The number of halogens is 2. The van der Waals surface area contributed by atoms with Crippen LogP contribution in [0.2, 0.25) is 0 Å². The Morgan fingerprint density at radius 1 is 1.23 bits per heavy atom. The summed E-state index contributed by atoms with van der Waals surface area (Å²) in [6, 6.07) is 11.7. The maximum atomic E-state index is 13.0. The molecule has 0 aliphatic rings. The monoisotopic (exact) mass is 473 g/mol. The molecule has 0 bridgehead atoms. The third kappa shape index (κ3) is 6.05. The van der Waals surface area contributed by atoms with Crippen LogP contribution < -0.4 is 10.1 Å². The lowest BCUT2D eigenvalue weighted by molar-refractivity contribution is 0.370. The van der Waals surface area contributed by atoms with E-state index < -0.39 is 0 Å². The van der Waals surface area contributed by atoms with Gasteiger partial charge in [-0.3, -0.25) is 0 Å². The molecule has 0 unspecified atom stereocenters. The molecule has 0 saturated carbocycles. The van der Waals surface area contributed by atoms with Crippen molar-refractivity contribution in [3.8, 4) is 11.5 Å². The summed E-state index contributed by atoms with van der Waals surface area (Å²) in [5.74, 6) is 0.984. The first kappa shape index (κ1) is 22.0. The van der Waals surface area contributed by atoms with E-state index in [0.717, 1.165) is 12.1 Å². The van der Waals surface area contributed by atoms with Crippen LogP contribution in [0.1, 0.15) is 18.1 Å². The zero-order chi connectivity index (χ0) is 18.2. The Morgan fingerprint density at radius 2 is 1.92 bits per heavy atom. The number of hydrogen-bond donors (Lipinski definition) is 2. The molecule has 2 N–H and O–H groups in total. The summed E-state index contributed by atoms with van der Waals surface area (Å²) in [5, 5.41) is 13.4. The topological polar surface area (TPSA) is 57.1 Å². The number of aromatic hydroxyl groups is 1. The molecule has 142 valence electrons. The van der Waals surface area contributed by atoms with Crippen molar-refractivity contribution < 1.29 is 14.2 Å². The summed E-state index contributed by atoms with van der Waals surface area (Å²) in [5.41, 5.74) is 1.67. The van der Waals surface area contributed by atoms with E-state index in [1.807, 2.05) is 31.0 Å². The van der Waals surface area contributed by atoms with Gasteiger partial charge in [0.1, 0.15) is 5.82 Å². The first-order valence-electron chi connectivity index (χ1n) is 8.13. The van der Waals surface area contributed by atoms with Gasteiger partial charge in [0.15, 0.2) is 17.5 Å². The molecule has 26 heavy (non-hydrogen) atoms. The van der Waals surface area contributed by atoms with Crippen LogP contribution in [0.25, 0.3) is 0 Å². The van der Waals surface area contributed by atoms with Gasteiger partial charge in [0.05, 0.1) is 13.7 Å². The molecule has 2 rings (SSSR count). The fraction of sp³-hybridized carbons (Fsp3) is 0.316. The molecule has 0 aliphatic carbocycles. The van der Waals surface area contributed by atoms with Gasteiger partial charge in [0.25, 0.3) is 0 Å². The van der Waals surface area contributed by atoms with Crippen molar-refractivity contribution >= 4 is 29.9 Å². The van der Waals surface area contributed by atoms with Gasteiger partial charge in [-0.1, -0.05) is 24.3 Å². The number of phenolic OH excluding ortho intramolecular Hbond substituents is 1. The number of benzene rings is 2. The average Bonchev–Trinajstić information content (AvgIpc) is 2.61. The number of hydrogen-bond acceptors (Lipinski definition) is 3. The van der Waals surface area contributed by atoms with Crippen LogP contribution in [0.3, 0.4) is 0 Å². The molecule has 0 heterocycles. The van der Waals surface area contributed by atoms with Crippen LogP contribution in [0.15, 0.2) is 47.5 Å². The number of guanidine groups is 1. The predicted molar refractivity (Wildman–Crippen MR) is 113 cm³/mol. The third-order valence-corrected chi connectivity index (χ3v) is 3.73. The van der Waals surface area contributed by atoms with E-state index in [1.165, 1.54) is 19.2 Å². The van der Waals surface area contributed by atoms with Crippen molar-refractivity contribution in [3.63, 3.8) is 0 Å². The lowest BCUT2D eigenvalue weighted by Gasteiger charge is -2.22. The van der Waals surface area contributed by atoms with Crippen LogP contribution in [-0.4, -0.2) is 36.7 Å². The summed E-state index contributed by atoms with van der Waals surface area (Å²) in [6.07, 6.45) is 0. The summed E-state index contributed by atoms with van der Waals surface area (Å²) >= 11 is 0. The Kier molecular flexibility index (Phi) is 9.18. The number of aliphatic imine (C=N–C) groups is 1. The summed E-state index contributed by atoms with van der Waals surface area (Å²) in [4.78, 5) is 6.53. The van der Waals surface area contributed by atoms with Gasteiger partial charge in [-0.15, -0.1) is 24.0 Å². The van der Waals surface area contributed by atoms with Crippen molar-refractivity contribution in [2.24, 2.45) is 4.99 Å². The zero-order valence-electron chi connectivity index (χ0n) is 15.2. The van der Waals surface area contributed by atoms with Gasteiger partial charge in [-0.25, -0.2) is 9.38 Å². The fourth-order valence-corrected chi connectivity index (χ4v) is 2.43. The predicted octanol–water partition coefficient (Wildman–Crippen LogP) is 3.76. The SMILES string of the molecule is CCNC(=NCc1cccc(OC)c1O)N(C)Cc1ccc(F)cc1.I. The van der Waals surface area contributed by atoms with Crippen molar-refractivity contribution in [2.45, 2.75) is 20.0 Å². The molecule has 0 fully saturated rings. The molecular weight excluding hydrogens is 448 g/mol. The van der Waals surface area contributed by atoms with E-state index in [9.17, 15) is 9.50 Å². The first-order valence-corrected chi connectivity index (χ1v) is 8.13. The number of nitrogens with zero attached hydrogens (tertiary/aromatic N) is 2. The highest BCUT2D eigenvalue weighted by Crippen LogP contribution is 2.29. The Labute approximate surface area is 170 Å². The Hall–Kier alpha value is -2.03. The second-order valence-corrected chi connectivity index (χ2v) is 5.62. The van der Waals surface area contributed by atoms with Crippen LogP contribution >= 0.6 is 24.0 Å². The molecule has 0 saturated heterocycles. The van der Waals surface area contributed by atoms with Gasteiger partial charge in [0.2, 0.25) is 0 Å². The van der Waals surface area contributed by atoms with Crippen molar-refractivity contribution in [3.05, 3.63) is 59.4 Å². The number of methoxy groups -OCH3 is 1. The Balaban J connectivity index is 0.00000338. The van der Waals surface area contributed by atoms with E-state index in [2.05, 4.69) is 10.3 Å². The normalized spacial score (nSPS) is 10.8. The number of nitrogens with one attached hydrogen (secondary N) is 1. The smallest absolute Gasteiger partial charge is 0.194 e. The maximum absolute atomic E-state index is 13.0. The van der Waals surface area contributed by atoms with E-state index in [0.29, 0.717) is 30.4 Å². The molecule has 0 radical (unpaired) electrons. The van der Waals surface area contributed by atoms with Crippen molar-refractivity contribution in [2.75, 3.05) is 20.7 Å². The molecule has 0 amide bonds. The quantitative estimate of drug-likeness (QED) is 0.381. The minimum absolute atomic E-state index is 0. The minimum atomic E-state index is -0.250. The van der Waals surface area contributed by atoms with E-state index in [-0.39, 0.29) is 35.5 Å². The Morgan fingerprint density at radius 3 is 2.54 bits per heavy atom. The van der Waals surface area contributed by atoms with Gasteiger partial charge in [-0.05, 0) is 30.7 Å². The van der Waals surface area contributed by atoms with Gasteiger partial charge in [-0.2, -0.15) is 0 Å². The average molecular weight is 473 g/mol.